The van der Waals surface area contributed by atoms with Crippen molar-refractivity contribution in [3.05, 3.63) is 24.3 Å². The molecule has 2 fully saturated rings. The standard InChI is InChI=1S/C18H19N3O4/c1-5-7-20-10-14(22)21(17(20)24)11-25-16(23)15-13(18(15,3)4)8-12(6-2)9-19/h1,6,8,13,15H,2,7,10-11H2,3-4H3/b12-8-. The van der Waals surface area contributed by atoms with Crippen LogP contribution in [0.5, 0.6) is 0 Å². The summed E-state index contributed by atoms with van der Waals surface area (Å²) in [7, 11) is 0. The van der Waals surface area contributed by atoms with E-state index in [2.05, 4.69) is 12.5 Å². The van der Waals surface area contributed by atoms with E-state index in [1.54, 1.807) is 6.08 Å². The normalized spacial score (nSPS) is 24.6. The van der Waals surface area contributed by atoms with Crippen LogP contribution >= 0.6 is 0 Å². The molecule has 1 saturated heterocycles. The first-order valence-electron chi connectivity index (χ1n) is 7.71. The number of carbonyl (C=O) groups excluding carboxylic acids is 3. The van der Waals surface area contributed by atoms with Gasteiger partial charge in [-0.1, -0.05) is 38.5 Å². The molecule has 3 amide bonds. The summed E-state index contributed by atoms with van der Waals surface area (Å²) in [4.78, 5) is 38.2. The van der Waals surface area contributed by atoms with Gasteiger partial charge in [0, 0.05) is 5.57 Å². The lowest BCUT2D eigenvalue weighted by Crippen LogP contribution is -2.36. The highest BCUT2D eigenvalue weighted by molar-refractivity contribution is 6.02. The van der Waals surface area contributed by atoms with E-state index >= 15 is 0 Å². The fraction of sp³-hybridized carbons (Fsp3) is 0.444. The van der Waals surface area contributed by atoms with Gasteiger partial charge in [-0.25, -0.2) is 9.69 Å². The summed E-state index contributed by atoms with van der Waals surface area (Å²) in [5.41, 5.74) is 0.0275. The predicted molar refractivity (Wildman–Crippen MR) is 88.3 cm³/mol. The van der Waals surface area contributed by atoms with E-state index in [0.717, 1.165) is 4.90 Å². The Labute approximate surface area is 146 Å². The predicted octanol–water partition coefficient (Wildman–Crippen LogP) is 1.29. The molecule has 2 aliphatic rings. The van der Waals surface area contributed by atoms with Gasteiger partial charge in [0.2, 0.25) is 0 Å². The molecule has 2 unspecified atom stereocenters. The molecule has 0 aromatic carbocycles. The molecule has 1 heterocycles. The molecule has 7 nitrogen and oxygen atoms in total. The van der Waals surface area contributed by atoms with E-state index in [1.165, 1.54) is 11.0 Å². The minimum absolute atomic E-state index is 0.0238. The van der Waals surface area contributed by atoms with Crippen molar-refractivity contribution in [3.8, 4) is 18.4 Å². The zero-order valence-corrected chi connectivity index (χ0v) is 14.2. The number of allylic oxidation sites excluding steroid dienone is 3. The molecule has 130 valence electrons. The number of amides is 3. The maximum Gasteiger partial charge on any atom is 0.330 e. The molecule has 0 bridgehead atoms. The van der Waals surface area contributed by atoms with Crippen LogP contribution in [-0.2, 0) is 14.3 Å². The number of nitriles is 1. The lowest BCUT2D eigenvalue weighted by molar-refractivity contribution is -0.151. The van der Waals surface area contributed by atoms with Crippen molar-refractivity contribution in [1.82, 2.24) is 9.80 Å². The van der Waals surface area contributed by atoms with Crippen LogP contribution < -0.4 is 0 Å². The molecule has 7 heteroatoms. The summed E-state index contributed by atoms with van der Waals surface area (Å²) in [6, 6.07) is 1.43. The Hall–Kier alpha value is -3.06. The number of terminal acetylenes is 1. The molecular formula is C18H19N3O4. The Bertz CT molecular complexity index is 738. The average molecular weight is 341 g/mol. The van der Waals surface area contributed by atoms with Gasteiger partial charge in [-0.05, 0) is 11.3 Å². The second-order valence-electron chi connectivity index (χ2n) is 6.52. The van der Waals surface area contributed by atoms with Gasteiger partial charge in [0.05, 0.1) is 18.5 Å². The summed E-state index contributed by atoms with van der Waals surface area (Å²) in [5.74, 6) is 0.731. The number of urea groups is 1. The third kappa shape index (κ3) is 3.41. The van der Waals surface area contributed by atoms with Crippen molar-refractivity contribution < 1.29 is 19.1 Å². The number of nitrogens with zero attached hydrogens (tertiary/aromatic N) is 3. The van der Waals surface area contributed by atoms with Gasteiger partial charge in [0.25, 0.3) is 5.91 Å². The van der Waals surface area contributed by atoms with Gasteiger partial charge in [-0.3, -0.25) is 9.59 Å². The average Bonchev–Trinajstić information content (AvgIpc) is 3.00. The minimum atomic E-state index is -0.569. The fourth-order valence-corrected chi connectivity index (χ4v) is 2.96. The van der Waals surface area contributed by atoms with Crippen molar-refractivity contribution in [2.45, 2.75) is 13.8 Å². The summed E-state index contributed by atoms with van der Waals surface area (Å²) >= 11 is 0. The summed E-state index contributed by atoms with van der Waals surface area (Å²) < 4.78 is 5.16. The van der Waals surface area contributed by atoms with Crippen LogP contribution in [0, 0.1) is 40.9 Å². The van der Waals surface area contributed by atoms with Crippen LogP contribution in [0.4, 0.5) is 4.79 Å². The highest BCUT2D eigenvalue weighted by Crippen LogP contribution is 2.59. The molecule has 0 radical (unpaired) electrons. The monoisotopic (exact) mass is 341 g/mol. The molecule has 1 saturated carbocycles. The number of ether oxygens (including phenoxy) is 1. The van der Waals surface area contributed by atoms with E-state index in [-0.39, 0.29) is 24.4 Å². The van der Waals surface area contributed by atoms with E-state index < -0.39 is 30.6 Å². The molecule has 25 heavy (non-hydrogen) atoms. The third-order valence-electron chi connectivity index (χ3n) is 4.62. The molecule has 0 spiro atoms. The Kier molecular flexibility index (Phi) is 4.99. The Morgan fingerprint density at radius 2 is 2.20 bits per heavy atom. The van der Waals surface area contributed by atoms with Crippen LogP contribution in [-0.4, -0.2) is 47.5 Å². The van der Waals surface area contributed by atoms with Crippen LogP contribution in [0.25, 0.3) is 0 Å². The number of hydrogen-bond donors (Lipinski definition) is 0. The van der Waals surface area contributed by atoms with Gasteiger partial charge in [0.15, 0.2) is 6.73 Å². The van der Waals surface area contributed by atoms with E-state index in [0.29, 0.717) is 5.57 Å². The smallest absolute Gasteiger partial charge is 0.330 e. The van der Waals surface area contributed by atoms with Gasteiger partial charge in [-0.15, -0.1) is 6.42 Å². The molecule has 2 atom stereocenters. The van der Waals surface area contributed by atoms with E-state index in [4.69, 9.17) is 16.4 Å². The SMILES string of the molecule is C#CCN1CC(=O)N(COC(=O)C2C(/C=C(\C#N)C=C)C2(C)C)C1=O. The van der Waals surface area contributed by atoms with Gasteiger partial charge in [-0.2, -0.15) is 5.26 Å². The zero-order chi connectivity index (χ0) is 18.8. The van der Waals surface area contributed by atoms with Crippen LogP contribution in [0.15, 0.2) is 24.3 Å². The Morgan fingerprint density at radius 3 is 2.76 bits per heavy atom. The number of carbonyl (C=O) groups is 3. The molecular weight excluding hydrogens is 322 g/mol. The summed E-state index contributed by atoms with van der Waals surface area (Å²) in [6.07, 6.45) is 8.27. The van der Waals surface area contributed by atoms with Crippen LogP contribution in [0.2, 0.25) is 0 Å². The number of hydrogen-bond acceptors (Lipinski definition) is 5. The van der Waals surface area contributed by atoms with Crippen LogP contribution in [0.1, 0.15) is 13.8 Å². The number of imide groups is 1. The van der Waals surface area contributed by atoms with Crippen molar-refractivity contribution in [3.63, 3.8) is 0 Å². The van der Waals surface area contributed by atoms with Crippen LogP contribution in [0.3, 0.4) is 0 Å². The second kappa shape index (κ2) is 6.82. The molecule has 0 aromatic heterocycles. The van der Waals surface area contributed by atoms with Crippen molar-refractivity contribution in [1.29, 1.82) is 5.26 Å². The number of esters is 1. The van der Waals surface area contributed by atoms with E-state index in [9.17, 15) is 14.4 Å². The lowest BCUT2D eigenvalue weighted by Gasteiger charge is -2.15. The maximum absolute atomic E-state index is 12.3. The van der Waals surface area contributed by atoms with Gasteiger partial charge < -0.3 is 9.64 Å². The van der Waals surface area contributed by atoms with Crippen molar-refractivity contribution in [2.75, 3.05) is 19.8 Å². The third-order valence-corrected chi connectivity index (χ3v) is 4.62. The molecule has 2 rings (SSSR count). The zero-order valence-electron chi connectivity index (χ0n) is 14.2. The second-order valence-corrected chi connectivity index (χ2v) is 6.52. The quantitative estimate of drug-likeness (QED) is 0.239. The Balaban J connectivity index is 1.98. The highest BCUT2D eigenvalue weighted by Gasteiger charge is 2.61. The molecule has 1 aliphatic carbocycles. The van der Waals surface area contributed by atoms with E-state index in [1.807, 2.05) is 19.9 Å². The van der Waals surface area contributed by atoms with Crippen molar-refractivity contribution in [2.24, 2.45) is 17.3 Å². The summed E-state index contributed by atoms with van der Waals surface area (Å²) in [6.45, 7) is 6.79. The summed E-state index contributed by atoms with van der Waals surface area (Å²) in [5, 5.41) is 8.97. The molecule has 0 aromatic rings. The maximum atomic E-state index is 12.3. The molecule has 1 aliphatic heterocycles. The first kappa shape index (κ1) is 18.3. The minimum Gasteiger partial charge on any atom is -0.443 e. The topological polar surface area (TPSA) is 90.7 Å². The van der Waals surface area contributed by atoms with Gasteiger partial charge >= 0.3 is 12.0 Å². The first-order valence-corrected chi connectivity index (χ1v) is 7.71. The van der Waals surface area contributed by atoms with Crippen molar-refractivity contribution >= 4 is 17.9 Å². The Morgan fingerprint density at radius 1 is 1.52 bits per heavy atom. The number of rotatable bonds is 6. The molecule has 0 N–H and O–H groups in total. The highest BCUT2D eigenvalue weighted by atomic mass is 16.5. The fourth-order valence-electron chi connectivity index (χ4n) is 2.96. The largest absolute Gasteiger partial charge is 0.443 e. The van der Waals surface area contributed by atoms with Gasteiger partial charge in [0.1, 0.15) is 6.54 Å². The lowest BCUT2D eigenvalue weighted by atomic mass is 10.1. The first-order chi connectivity index (χ1) is 11.8.